The van der Waals surface area contributed by atoms with E-state index in [2.05, 4.69) is 46.4 Å². The van der Waals surface area contributed by atoms with E-state index in [1.165, 1.54) is 19.3 Å². The molecule has 1 unspecified atom stereocenters. The van der Waals surface area contributed by atoms with Crippen molar-refractivity contribution in [2.75, 3.05) is 6.54 Å². The fraction of sp³-hybridized carbons (Fsp3) is 0.941. The highest BCUT2D eigenvalue weighted by molar-refractivity contribution is 5.77. The van der Waals surface area contributed by atoms with Gasteiger partial charge >= 0.3 is 0 Å². The molecule has 0 rings (SSSR count). The van der Waals surface area contributed by atoms with Crippen LogP contribution in [-0.2, 0) is 4.79 Å². The number of amides is 1. The minimum atomic E-state index is 0.0879. The van der Waals surface area contributed by atoms with E-state index in [4.69, 9.17) is 0 Å². The van der Waals surface area contributed by atoms with Crippen LogP contribution >= 0.6 is 0 Å². The lowest BCUT2D eigenvalue weighted by Gasteiger charge is -2.34. The molecule has 1 atom stereocenters. The maximum atomic E-state index is 12.6. The van der Waals surface area contributed by atoms with Gasteiger partial charge in [0, 0.05) is 19.0 Å². The van der Waals surface area contributed by atoms with Crippen LogP contribution in [0.15, 0.2) is 0 Å². The Bertz CT molecular complexity index is 242. The van der Waals surface area contributed by atoms with E-state index in [0.717, 1.165) is 25.8 Å². The van der Waals surface area contributed by atoms with Crippen LogP contribution < -0.4 is 0 Å². The van der Waals surface area contributed by atoms with E-state index in [0.29, 0.717) is 18.4 Å². The van der Waals surface area contributed by atoms with Crippen LogP contribution in [0.3, 0.4) is 0 Å². The lowest BCUT2D eigenvalue weighted by Crippen LogP contribution is -2.42. The molecule has 0 spiro atoms. The molecule has 2 heteroatoms. The topological polar surface area (TPSA) is 20.3 Å². The summed E-state index contributed by atoms with van der Waals surface area (Å²) in [5.41, 5.74) is 0.0879. The molecule has 0 aliphatic carbocycles. The Hall–Kier alpha value is -0.530. The minimum Gasteiger partial charge on any atom is -0.340 e. The maximum absolute atomic E-state index is 12.6. The quantitative estimate of drug-likeness (QED) is 0.575. The van der Waals surface area contributed by atoms with Gasteiger partial charge in [-0.15, -0.1) is 0 Å². The first-order valence-corrected chi connectivity index (χ1v) is 8.15. The first kappa shape index (κ1) is 18.5. The number of nitrogens with zero attached hydrogens (tertiary/aromatic N) is 1. The number of carbonyl (C=O) groups is 1. The SMILES string of the molecule is CCCCC(CCC)N(CCC)C(=O)CC(C)(C)C. The number of carbonyl (C=O) groups excluding carboxylic acids is 1. The molecule has 114 valence electrons. The lowest BCUT2D eigenvalue weighted by atomic mass is 9.90. The summed E-state index contributed by atoms with van der Waals surface area (Å²) in [6.45, 7) is 14.0. The van der Waals surface area contributed by atoms with E-state index >= 15 is 0 Å². The second-order valence-corrected chi connectivity index (χ2v) is 6.91. The predicted octanol–water partition coefficient (Wildman–Crippen LogP) is 5.02. The zero-order valence-electron chi connectivity index (χ0n) is 14.1. The number of hydrogen-bond acceptors (Lipinski definition) is 1. The molecule has 0 aromatic rings. The second-order valence-electron chi connectivity index (χ2n) is 6.91. The third kappa shape index (κ3) is 8.28. The minimum absolute atomic E-state index is 0.0879. The summed E-state index contributed by atoms with van der Waals surface area (Å²) >= 11 is 0. The average molecular weight is 269 g/mol. The van der Waals surface area contributed by atoms with Crippen molar-refractivity contribution in [3.05, 3.63) is 0 Å². The summed E-state index contributed by atoms with van der Waals surface area (Å²) in [6, 6.07) is 0.458. The van der Waals surface area contributed by atoms with Gasteiger partial charge in [-0.2, -0.15) is 0 Å². The van der Waals surface area contributed by atoms with Gasteiger partial charge in [0.1, 0.15) is 0 Å². The third-order valence-corrected chi connectivity index (χ3v) is 3.42. The third-order valence-electron chi connectivity index (χ3n) is 3.42. The van der Waals surface area contributed by atoms with Crippen LogP contribution in [-0.4, -0.2) is 23.4 Å². The Labute approximate surface area is 120 Å². The van der Waals surface area contributed by atoms with Gasteiger partial charge in [-0.05, 0) is 24.7 Å². The summed E-state index contributed by atoms with van der Waals surface area (Å²) in [4.78, 5) is 14.7. The monoisotopic (exact) mass is 269 g/mol. The Balaban J connectivity index is 4.74. The van der Waals surface area contributed by atoms with Gasteiger partial charge in [-0.1, -0.05) is 60.8 Å². The van der Waals surface area contributed by atoms with Crippen molar-refractivity contribution in [2.45, 2.75) is 92.5 Å². The second kappa shape index (κ2) is 9.39. The highest BCUT2D eigenvalue weighted by Gasteiger charge is 2.25. The van der Waals surface area contributed by atoms with Gasteiger partial charge < -0.3 is 4.90 Å². The molecule has 1 amide bonds. The van der Waals surface area contributed by atoms with E-state index in [-0.39, 0.29) is 5.41 Å². The van der Waals surface area contributed by atoms with Gasteiger partial charge in [-0.3, -0.25) is 4.79 Å². The number of hydrogen-bond donors (Lipinski definition) is 0. The van der Waals surface area contributed by atoms with Crippen LogP contribution in [0.2, 0.25) is 0 Å². The summed E-state index contributed by atoms with van der Waals surface area (Å²) in [5.74, 6) is 0.351. The molecule has 0 aliphatic rings. The highest BCUT2D eigenvalue weighted by Crippen LogP contribution is 2.23. The van der Waals surface area contributed by atoms with Crippen molar-refractivity contribution in [1.82, 2.24) is 4.90 Å². The fourth-order valence-electron chi connectivity index (χ4n) is 2.54. The molecule has 0 saturated carbocycles. The van der Waals surface area contributed by atoms with E-state index < -0.39 is 0 Å². The van der Waals surface area contributed by atoms with Crippen LogP contribution in [0.25, 0.3) is 0 Å². The summed E-state index contributed by atoms with van der Waals surface area (Å²) in [7, 11) is 0. The molecule has 0 aromatic heterocycles. The molecule has 0 saturated heterocycles. The maximum Gasteiger partial charge on any atom is 0.223 e. The normalized spacial score (nSPS) is 13.4. The predicted molar refractivity (Wildman–Crippen MR) is 84.3 cm³/mol. The zero-order valence-corrected chi connectivity index (χ0v) is 14.1. The van der Waals surface area contributed by atoms with E-state index in [1.54, 1.807) is 0 Å². The Kier molecular flexibility index (Phi) is 9.12. The van der Waals surface area contributed by atoms with Gasteiger partial charge in [0.15, 0.2) is 0 Å². The Morgan fingerprint density at radius 2 is 1.63 bits per heavy atom. The molecule has 0 aliphatic heterocycles. The van der Waals surface area contributed by atoms with Gasteiger partial charge in [0.05, 0.1) is 0 Å². The molecular formula is C17H35NO. The van der Waals surface area contributed by atoms with Gasteiger partial charge in [0.25, 0.3) is 0 Å². The van der Waals surface area contributed by atoms with Crippen molar-refractivity contribution < 1.29 is 4.79 Å². The molecule has 0 aromatic carbocycles. The van der Waals surface area contributed by atoms with Crippen LogP contribution in [0, 0.1) is 5.41 Å². The van der Waals surface area contributed by atoms with Crippen molar-refractivity contribution in [1.29, 1.82) is 0 Å². The standard InChI is InChI=1S/C17H35NO/c1-7-10-12-15(11-8-2)18(13-9-3)16(19)14-17(4,5)6/h15H,7-14H2,1-6H3. The van der Waals surface area contributed by atoms with Crippen LogP contribution in [0.4, 0.5) is 0 Å². The van der Waals surface area contributed by atoms with E-state index in [1.807, 2.05) is 0 Å². The van der Waals surface area contributed by atoms with Crippen LogP contribution in [0.1, 0.15) is 86.5 Å². The summed E-state index contributed by atoms with van der Waals surface area (Å²) < 4.78 is 0. The van der Waals surface area contributed by atoms with Crippen molar-refractivity contribution in [3.63, 3.8) is 0 Å². The Morgan fingerprint density at radius 3 is 2.05 bits per heavy atom. The van der Waals surface area contributed by atoms with E-state index in [9.17, 15) is 4.79 Å². The smallest absolute Gasteiger partial charge is 0.223 e. The molecular weight excluding hydrogens is 234 g/mol. The van der Waals surface area contributed by atoms with Crippen molar-refractivity contribution in [3.8, 4) is 0 Å². The average Bonchev–Trinajstić information content (AvgIpc) is 2.29. The molecule has 19 heavy (non-hydrogen) atoms. The van der Waals surface area contributed by atoms with Gasteiger partial charge in [-0.25, -0.2) is 0 Å². The first-order valence-electron chi connectivity index (χ1n) is 8.15. The molecule has 0 fully saturated rings. The highest BCUT2D eigenvalue weighted by atomic mass is 16.2. The Morgan fingerprint density at radius 1 is 1.00 bits per heavy atom. The molecule has 0 heterocycles. The number of rotatable bonds is 9. The summed E-state index contributed by atoms with van der Waals surface area (Å²) in [5, 5.41) is 0. The fourth-order valence-corrected chi connectivity index (χ4v) is 2.54. The molecule has 0 bridgehead atoms. The molecule has 0 radical (unpaired) electrons. The first-order chi connectivity index (χ1) is 8.85. The van der Waals surface area contributed by atoms with Gasteiger partial charge in [0.2, 0.25) is 5.91 Å². The zero-order chi connectivity index (χ0) is 14.9. The lowest BCUT2D eigenvalue weighted by molar-refractivity contribution is -0.135. The molecule has 2 nitrogen and oxygen atoms in total. The van der Waals surface area contributed by atoms with Crippen LogP contribution in [0.5, 0.6) is 0 Å². The number of unbranched alkanes of at least 4 members (excludes halogenated alkanes) is 1. The largest absolute Gasteiger partial charge is 0.340 e. The molecule has 0 N–H and O–H groups in total. The van der Waals surface area contributed by atoms with Crippen molar-refractivity contribution in [2.24, 2.45) is 5.41 Å². The van der Waals surface area contributed by atoms with Crippen molar-refractivity contribution >= 4 is 5.91 Å². The summed E-state index contributed by atoms with van der Waals surface area (Å²) in [6.07, 6.45) is 7.65.